The summed E-state index contributed by atoms with van der Waals surface area (Å²) in [6.45, 7) is -0.429. The molecule has 0 saturated carbocycles. The van der Waals surface area contributed by atoms with Crippen molar-refractivity contribution >= 4 is 44.5 Å². The second-order valence-corrected chi connectivity index (χ2v) is 8.02. The number of nitrogens with one attached hydrogen (secondary N) is 2. The van der Waals surface area contributed by atoms with E-state index in [2.05, 4.69) is 26.2 Å². The van der Waals surface area contributed by atoms with Gasteiger partial charge in [-0.25, -0.2) is 4.79 Å². The Labute approximate surface area is 191 Å². The third kappa shape index (κ3) is 4.97. The molecular weight excluding hydrogens is 476 g/mol. The number of H-pyrrole nitrogens is 1. The summed E-state index contributed by atoms with van der Waals surface area (Å²) in [6.07, 6.45) is 3.34. The van der Waals surface area contributed by atoms with E-state index in [9.17, 15) is 14.4 Å². The van der Waals surface area contributed by atoms with Crippen LogP contribution >= 0.6 is 15.9 Å². The zero-order chi connectivity index (χ0) is 22.5. The van der Waals surface area contributed by atoms with Gasteiger partial charge in [-0.3, -0.25) is 9.59 Å². The Balaban J connectivity index is 1.49. The van der Waals surface area contributed by atoms with Gasteiger partial charge in [0.1, 0.15) is 6.04 Å². The minimum absolute atomic E-state index is 0.0765. The highest BCUT2D eigenvalue weighted by molar-refractivity contribution is 9.10. The van der Waals surface area contributed by atoms with Gasteiger partial charge in [-0.1, -0.05) is 46.3 Å². The number of halogens is 1. The van der Waals surface area contributed by atoms with Crippen LogP contribution in [0.25, 0.3) is 10.9 Å². The first-order valence-electron chi connectivity index (χ1n) is 9.86. The second-order valence-electron chi connectivity index (χ2n) is 7.10. The summed E-state index contributed by atoms with van der Waals surface area (Å²) in [4.78, 5) is 40.9. The van der Waals surface area contributed by atoms with Gasteiger partial charge in [0.2, 0.25) is 0 Å². The van der Waals surface area contributed by atoms with Gasteiger partial charge < -0.3 is 19.5 Å². The van der Waals surface area contributed by atoms with Gasteiger partial charge in [0.15, 0.2) is 18.2 Å². The molecule has 8 heteroatoms. The van der Waals surface area contributed by atoms with Gasteiger partial charge in [0.05, 0.1) is 6.26 Å². The van der Waals surface area contributed by atoms with Crippen LogP contribution in [-0.4, -0.2) is 35.3 Å². The number of carbonyl (C=O) groups is 3. The Morgan fingerprint density at radius 2 is 1.81 bits per heavy atom. The Hall–Kier alpha value is -3.65. The summed E-state index contributed by atoms with van der Waals surface area (Å²) in [5.74, 6) is -1.52. The number of amides is 1. The summed E-state index contributed by atoms with van der Waals surface area (Å²) in [6, 6.07) is 16.5. The van der Waals surface area contributed by atoms with Crippen molar-refractivity contribution in [3.8, 4) is 0 Å². The van der Waals surface area contributed by atoms with Crippen molar-refractivity contribution in [2.24, 2.45) is 0 Å². The van der Waals surface area contributed by atoms with Crippen LogP contribution in [0.1, 0.15) is 26.5 Å². The van der Waals surface area contributed by atoms with E-state index in [1.807, 2.05) is 24.3 Å². The van der Waals surface area contributed by atoms with E-state index in [4.69, 9.17) is 9.15 Å². The van der Waals surface area contributed by atoms with Crippen molar-refractivity contribution in [2.45, 2.75) is 12.5 Å². The second kappa shape index (κ2) is 9.65. The molecule has 4 rings (SSSR count). The molecule has 7 nitrogen and oxygen atoms in total. The van der Waals surface area contributed by atoms with Crippen LogP contribution in [0.3, 0.4) is 0 Å². The molecule has 0 fully saturated rings. The lowest BCUT2D eigenvalue weighted by Gasteiger charge is -2.17. The fraction of sp³-hybridized carbons (Fsp3) is 0.125. The molecule has 32 heavy (non-hydrogen) atoms. The maximum absolute atomic E-state index is 12.9. The molecule has 1 atom stereocenters. The van der Waals surface area contributed by atoms with Gasteiger partial charge in [-0.2, -0.15) is 0 Å². The predicted molar refractivity (Wildman–Crippen MR) is 121 cm³/mol. The molecule has 2 N–H and O–H groups in total. The summed E-state index contributed by atoms with van der Waals surface area (Å²) in [7, 11) is 0. The number of rotatable bonds is 8. The number of ketones is 1. The standard InChI is InChI=1S/C24H19BrN2O5/c25-17-9-7-15(8-10-17)21(28)14-32-24(30)20(27-23(29)22-6-3-11-31-22)12-16-13-26-19-5-2-1-4-18(16)19/h1-11,13,20,26H,12,14H2,(H,27,29). The lowest BCUT2D eigenvalue weighted by atomic mass is 10.0. The highest BCUT2D eigenvalue weighted by Gasteiger charge is 2.26. The maximum Gasteiger partial charge on any atom is 0.329 e. The quantitative estimate of drug-likeness (QED) is 0.281. The monoisotopic (exact) mass is 494 g/mol. The molecule has 2 aromatic carbocycles. The van der Waals surface area contributed by atoms with E-state index in [1.54, 1.807) is 36.5 Å². The number of aromatic nitrogens is 1. The molecule has 0 radical (unpaired) electrons. The third-order valence-electron chi connectivity index (χ3n) is 4.95. The average Bonchev–Trinajstić information content (AvgIpc) is 3.48. The lowest BCUT2D eigenvalue weighted by Crippen LogP contribution is -2.43. The van der Waals surface area contributed by atoms with Gasteiger partial charge in [-0.05, 0) is 35.9 Å². The van der Waals surface area contributed by atoms with E-state index in [0.29, 0.717) is 5.56 Å². The van der Waals surface area contributed by atoms with Crippen molar-refractivity contribution in [1.29, 1.82) is 0 Å². The average molecular weight is 495 g/mol. The Morgan fingerprint density at radius 3 is 2.56 bits per heavy atom. The first-order valence-corrected chi connectivity index (χ1v) is 10.7. The molecule has 0 aliphatic carbocycles. The summed E-state index contributed by atoms with van der Waals surface area (Å²) < 4.78 is 11.2. The number of hydrogen-bond donors (Lipinski definition) is 2. The van der Waals surface area contributed by atoms with Crippen LogP contribution in [-0.2, 0) is 16.0 Å². The minimum atomic E-state index is -1.01. The van der Waals surface area contributed by atoms with Crippen molar-refractivity contribution < 1.29 is 23.5 Å². The van der Waals surface area contributed by atoms with Crippen LogP contribution in [0, 0.1) is 0 Å². The van der Waals surface area contributed by atoms with Crippen molar-refractivity contribution in [2.75, 3.05) is 6.61 Å². The Kier molecular flexibility index (Phi) is 6.51. The number of aromatic amines is 1. The molecule has 0 aliphatic heterocycles. The van der Waals surface area contributed by atoms with E-state index in [0.717, 1.165) is 20.9 Å². The van der Waals surface area contributed by atoms with E-state index in [-0.39, 0.29) is 18.0 Å². The lowest BCUT2D eigenvalue weighted by molar-refractivity contribution is -0.144. The molecule has 1 unspecified atom stereocenters. The molecule has 2 heterocycles. The minimum Gasteiger partial charge on any atom is -0.459 e. The number of para-hydroxylation sites is 1. The zero-order valence-electron chi connectivity index (χ0n) is 16.8. The molecule has 0 bridgehead atoms. The van der Waals surface area contributed by atoms with Crippen LogP contribution < -0.4 is 5.32 Å². The first-order chi connectivity index (χ1) is 15.5. The van der Waals surface area contributed by atoms with Crippen molar-refractivity contribution in [3.63, 3.8) is 0 Å². The molecule has 1 amide bonds. The zero-order valence-corrected chi connectivity index (χ0v) is 18.4. The summed E-state index contributed by atoms with van der Waals surface area (Å²) in [5, 5.41) is 3.59. The number of benzene rings is 2. The normalized spacial score (nSPS) is 11.8. The van der Waals surface area contributed by atoms with E-state index >= 15 is 0 Å². The third-order valence-corrected chi connectivity index (χ3v) is 5.47. The molecule has 0 saturated heterocycles. The number of carbonyl (C=O) groups excluding carboxylic acids is 3. The SMILES string of the molecule is O=C(COC(=O)C(Cc1c[nH]c2ccccc12)NC(=O)c1ccco1)c1ccc(Br)cc1. The molecule has 4 aromatic rings. The number of Topliss-reactive ketones (excluding diaryl/α,β-unsaturated/α-hetero) is 1. The van der Waals surface area contributed by atoms with Gasteiger partial charge in [0, 0.05) is 33.6 Å². The molecular formula is C24H19BrN2O5. The Bertz CT molecular complexity index is 1250. The molecule has 0 aliphatic rings. The molecule has 2 aromatic heterocycles. The highest BCUT2D eigenvalue weighted by Crippen LogP contribution is 2.20. The van der Waals surface area contributed by atoms with Gasteiger partial charge >= 0.3 is 5.97 Å². The van der Waals surface area contributed by atoms with Gasteiger partial charge in [-0.15, -0.1) is 0 Å². The van der Waals surface area contributed by atoms with E-state index in [1.165, 1.54) is 12.3 Å². The van der Waals surface area contributed by atoms with Crippen LogP contribution in [0.15, 0.2) is 82.0 Å². The van der Waals surface area contributed by atoms with Gasteiger partial charge in [0.25, 0.3) is 5.91 Å². The highest BCUT2D eigenvalue weighted by atomic mass is 79.9. The first kappa shape index (κ1) is 21.6. The number of fused-ring (bicyclic) bond motifs is 1. The number of furan rings is 1. The van der Waals surface area contributed by atoms with E-state index < -0.39 is 24.5 Å². The number of ether oxygens (including phenoxy) is 1. The number of esters is 1. The largest absolute Gasteiger partial charge is 0.459 e. The maximum atomic E-state index is 12.9. The topological polar surface area (TPSA) is 101 Å². The number of hydrogen-bond acceptors (Lipinski definition) is 5. The summed E-state index contributed by atoms with van der Waals surface area (Å²) in [5.41, 5.74) is 2.17. The van der Waals surface area contributed by atoms with Crippen molar-refractivity contribution in [3.05, 3.63) is 94.5 Å². The van der Waals surface area contributed by atoms with Crippen LogP contribution in [0.2, 0.25) is 0 Å². The smallest absolute Gasteiger partial charge is 0.329 e. The Morgan fingerprint density at radius 1 is 1.03 bits per heavy atom. The predicted octanol–water partition coefficient (Wildman–Crippen LogP) is 4.29. The molecule has 0 spiro atoms. The molecule has 162 valence electrons. The van der Waals surface area contributed by atoms with Crippen molar-refractivity contribution in [1.82, 2.24) is 10.3 Å². The fourth-order valence-corrected chi connectivity index (χ4v) is 3.57. The fourth-order valence-electron chi connectivity index (χ4n) is 3.31. The summed E-state index contributed by atoms with van der Waals surface area (Å²) >= 11 is 3.31. The van der Waals surface area contributed by atoms with Crippen LogP contribution in [0.4, 0.5) is 0 Å². The van der Waals surface area contributed by atoms with Crippen LogP contribution in [0.5, 0.6) is 0 Å².